The van der Waals surface area contributed by atoms with Gasteiger partial charge in [0, 0.05) is 10.7 Å². The van der Waals surface area contributed by atoms with Crippen LogP contribution in [0.5, 0.6) is 17.2 Å². The fourth-order valence-electron chi connectivity index (χ4n) is 4.77. The third-order valence-electron chi connectivity index (χ3n) is 6.85. The van der Waals surface area contributed by atoms with E-state index >= 15 is 0 Å². The van der Waals surface area contributed by atoms with E-state index in [2.05, 4.69) is 10.4 Å². The van der Waals surface area contributed by atoms with Crippen LogP contribution in [0.2, 0.25) is 10.0 Å². The molecule has 2 heterocycles. The number of rotatable bonds is 10. The van der Waals surface area contributed by atoms with Crippen LogP contribution in [0.1, 0.15) is 12.5 Å². The molecule has 12 heteroatoms. The summed E-state index contributed by atoms with van der Waals surface area (Å²) in [5, 5.41) is 9.08. The van der Waals surface area contributed by atoms with Crippen LogP contribution in [-0.2, 0) is 4.79 Å². The van der Waals surface area contributed by atoms with E-state index in [4.69, 9.17) is 46.8 Å². The molecule has 0 aliphatic rings. The molecule has 6 rings (SSSR count). The normalized spacial score (nSPS) is 11.3. The van der Waals surface area contributed by atoms with Crippen LogP contribution in [0.4, 0.5) is 5.69 Å². The van der Waals surface area contributed by atoms with E-state index in [1.54, 1.807) is 86.8 Å². The van der Waals surface area contributed by atoms with Crippen molar-refractivity contribution in [2.45, 2.75) is 6.92 Å². The number of aromatic nitrogens is 2. The van der Waals surface area contributed by atoms with E-state index in [-0.39, 0.29) is 23.2 Å². The molecule has 2 aromatic heterocycles. The highest BCUT2D eigenvalue weighted by molar-refractivity contribution is 6.32. The standard InChI is InChI=1S/C34H26Cl2N4O6/c1-3-44-29-16-20(15-25(36)32(29)45-19-31(41)38-22-13-11-21(35)12-14-22)18-37-40-33(39-26-8-5-4-7-23(26)34(40)42)30-17-24-27(43-2)9-6-10-28(24)46-30/h4-18H,3,19H2,1-2H3,(H,38,41). The van der Waals surface area contributed by atoms with Gasteiger partial charge in [-0.2, -0.15) is 9.78 Å². The van der Waals surface area contributed by atoms with Gasteiger partial charge in [-0.15, -0.1) is 0 Å². The summed E-state index contributed by atoms with van der Waals surface area (Å²) in [5.41, 5.74) is 1.73. The van der Waals surface area contributed by atoms with Gasteiger partial charge >= 0.3 is 0 Å². The van der Waals surface area contributed by atoms with Crippen molar-refractivity contribution >= 4 is 62.9 Å². The highest BCUT2D eigenvalue weighted by Crippen LogP contribution is 2.37. The van der Waals surface area contributed by atoms with Crippen molar-refractivity contribution < 1.29 is 23.4 Å². The summed E-state index contributed by atoms with van der Waals surface area (Å²) in [5.74, 6) is 1.23. The average Bonchev–Trinajstić information content (AvgIpc) is 3.50. The molecule has 0 saturated heterocycles. The number of para-hydroxylation sites is 1. The fourth-order valence-corrected chi connectivity index (χ4v) is 5.17. The molecule has 0 aliphatic carbocycles. The smallest absolute Gasteiger partial charge is 0.282 e. The number of anilines is 1. The number of methoxy groups -OCH3 is 1. The van der Waals surface area contributed by atoms with Crippen molar-refractivity contribution in [2.75, 3.05) is 25.6 Å². The zero-order valence-electron chi connectivity index (χ0n) is 24.6. The molecule has 1 amide bonds. The molecule has 0 radical (unpaired) electrons. The number of nitrogens with one attached hydrogen (secondary N) is 1. The first kappa shape index (κ1) is 30.7. The Kier molecular flexibility index (Phi) is 8.91. The average molecular weight is 658 g/mol. The van der Waals surface area contributed by atoms with Gasteiger partial charge in [-0.1, -0.05) is 41.4 Å². The maximum absolute atomic E-state index is 13.7. The molecule has 0 unspecified atom stereocenters. The Bertz CT molecular complexity index is 2160. The number of amides is 1. The highest BCUT2D eigenvalue weighted by atomic mass is 35.5. The van der Waals surface area contributed by atoms with Crippen molar-refractivity contribution in [1.29, 1.82) is 0 Å². The van der Waals surface area contributed by atoms with Gasteiger partial charge in [0.1, 0.15) is 11.3 Å². The van der Waals surface area contributed by atoms with Gasteiger partial charge in [0.2, 0.25) is 5.82 Å². The second kappa shape index (κ2) is 13.4. The van der Waals surface area contributed by atoms with Crippen LogP contribution in [0.25, 0.3) is 33.5 Å². The Morgan fingerprint density at radius 3 is 2.57 bits per heavy atom. The summed E-state index contributed by atoms with van der Waals surface area (Å²) in [6.45, 7) is 1.79. The molecule has 6 aromatic rings. The van der Waals surface area contributed by atoms with E-state index < -0.39 is 11.5 Å². The summed E-state index contributed by atoms with van der Waals surface area (Å²) in [6, 6.07) is 24.1. The predicted molar refractivity (Wildman–Crippen MR) is 179 cm³/mol. The number of ether oxygens (including phenoxy) is 3. The first-order valence-corrected chi connectivity index (χ1v) is 14.9. The lowest BCUT2D eigenvalue weighted by Crippen LogP contribution is -2.20. The molecule has 0 fully saturated rings. The number of halogens is 2. The lowest BCUT2D eigenvalue weighted by molar-refractivity contribution is -0.118. The first-order valence-electron chi connectivity index (χ1n) is 14.1. The maximum atomic E-state index is 13.7. The first-order chi connectivity index (χ1) is 22.3. The van der Waals surface area contributed by atoms with Crippen LogP contribution in [-0.4, -0.2) is 42.1 Å². The number of benzene rings is 4. The molecule has 0 aliphatic heterocycles. The SMILES string of the molecule is CCOc1cc(C=Nn2c(-c3cc4c(OC)cccc4o3)nc3ccccc3c2=O)cc(Cl)c1OCC(=O)Nc1ccc(Cl)cc1. The summed E-state index contributed by atoms with van der Waals surface area (Å²) in [7, 11) is 1.57. The van der Waals surface area contributed by atoms with E-state index in [0.29, 0.717) is 56.6 Å². The van der Waals surface area contributed by atoms with Crippen molar-refractivity contribution in [3.8, 4) is 28.8 Å². The number of carbonyl (C=O) groups excluding carboxylic acids is 1. The van der Waals surface area contributed by atoms with Crippen molar-refractivity contribution in [3.05, 3.63) is 111 Å². The molecule has 0 bridgehead atoms. The summed E-state index contributed by atoms with van der Waals surface area (Å²) in [6.07, 6.45) is 1.45. The molecule has 4 aromatic carbocycles. The molecule has 0 atom stereocenters. The molecular formula is C34H26Cl2N4O6. The zero-order chi connectivity index (χ0) is 32.2. The minimum atomic E-state index is -0.398. The van der Waals surface area contributed by atoms with E-state index in [1.165, 1.54) is 10.9 Å². The second-order valence-electron chi connectivity index (χ2n) is 9.90. The van der Waals surface area contributed by atoms with Crippen molar-refractivity contribution in [2.24, 2.45) is 5.10 Å². The monoisotopic (exact) mass is 656 g/mol. The summed E-state index contributed by atoms with van der Waals surface area (Å²) < 4.78 is 24.3. The molecule has 46 heavy (non-hydrogen) atoms. The Hall–Kier alpha value is -5.32. The molecular weight excluding hydrogens is 631 g/mol. The summed E-state index contributed by atoms with van der Waals surface area (Å²) >= 11 is 12.5. The van der Waals surface area contributed by atoms with E-state index in [9.17, 15) is 9.59 Å². The van der Waals surface area contributed by atoms with Gasteiger partial charge in [0.05, 0.1) is 41.2 Å². The third-order valence-corrected chi connectivity index (χ3v) is 7.38. The third kappa shape index (κ3) is 6.39. The van der Waals surface area contributed by atoms with E-state index in [1.807, 2.05) is 12.1 Å². The Balaban J connectivity index is 1.34. The van der Waals surface area contributed by atoms with Gasteiger partial charge in [0.25, 0.3) is 11.5 Å². The molecule has 10 nitrogen and oxygen atoms in total. The number of carbonyl (C=O) groups is 1. The van der Waals surface area contributed by atoms with Gasteiger partial charge in [0.15, 0.2) is 23.9 Å². The van der Waals surface area contributed by atoms with Crippen LogP contribution >= 0.6 is 23.2 Å². The molecule has 1 N–H and O–H groups in total. The van der Waals surface area contributed by atoms with Crippen LogP contribution in [0.3, 0.4) is 0 Å². The van der Waals surface area contributed by atoms with Crippen LogP contribution < -0.4 is 25.1 Å². The lowest BCUT2D eigenvalue weighted by atomic mass is 10.2. The Morgan fingerprint density at radius 2 is 1.78 bits per heavy atom. The number of nitrogens with zero attached hydrogens (tertiary/aromatic N) is 3. The van der Waals surface area contributed by atoms with Gasteiger partial charge < -0.3 is 23.9 Å². The van der Waals surface area contributed by atoms with Gasteiger partial charge in [-0.05, 0) is 79.2 Å². The minimum absolute atomic E-state index is 0.181. The number of fused-ring (bicyclic) bond motifs is 2. The van der Waals surface area contributed by atoms with Gasteiger partial charge in [-0.3, -0.25) is 9.59 Å². The zero-order valence-corrected chi connectivity index (χ0v) is 26.1. The van der Waals surface area contributed by atoms with Crippen LogP contribution in [0, 0.1) is 0 Å². The number of hydrogen-bond acceptors (Lipinski definition) is 8. The Morgan fingerprint density at radius 1 is 0.978 bits per heavy atom. The number of furan rings is 1. The lowest BCUT2D eigenvalue weighted by Gasteiger charge is -2.14. The van der Waals surface area contributed by atoms with Crippen molar-refractivity contribution in [1.82, 2.24) is 9.66 Å². The minimum Gasteiger partial charge on any atom is -0.496 e. The van der Waals surface area contributed by atoms with Crippen LogP contribution in [0.15, 0.2) is 99.2 Å². The molecule has 232 valence electrons. The second-order valence-corrected chi connectivity index (χ2v) is 10.7. The largest absolute Gasteiger partial charge is 0.496 e. The topological polar surface area (TPSA) is 117 Å². The van der Waals surface area contributed by atoms with E-state index in [0.717, 1.165) is 5.39 Å². The fraction of sp³-hybridized carbons (Fsp3) is 0.118. The highest BCUT2D eigenvalue weighted by Gasteiger charge is 2.19. The number of hydrogen-bond donors (Lipinski definition) is 1. The Labute approximate surface area is 272 Å². The summed E-state index contributed by atoms with van der Waals surface area (Å²) in [4.78, 5) is 30.9. The van der Waals surface area contributed by atoms with Crippen molar-refractivity contribution in [3.63, 3.8) is 0 Å². The predicted octanol–water partition coefficient (Wildman–Crippen LogP) is 7.42. The molecule has 0 spiro atoms. The van der Waals surface area contributed by atoms with Gasteiger partial charge in [-0.25, -0.2) is 4.98 Å². The quantitative estimate of drug-likeness (QED) is 0.152. The maximum Gasteiger partial charge on any atom is 0.282 e. The molecule has 0 saturated carbocycles.